The Kier molecular flexibility index (Phi) is 5.64. The quantitative estimate of drug-likeness (QED) is 0.739. The van der Waals surface area contributed by atoms with Crippen LogP contribution in [0, 0.1) is 6.92 Å². The number of phenols is 1. The molecule has 0 atom stereocenters. The molecule has 0 amide bonds. The molecule has 0 fully saturated rings. The largest absolute Gasteiger partial charge is 0.506 e. The van der Waals surface area contributed by atoms with Gasteiger partial charge in [-0.1, -0.05) is 32.0 Å². The Morgan fingerprint density at radius 1 is 0.917 bits per heavy atom. The summed E-state index contributed by atoms with van der Waals surface area (Å²) < 4.78 is 10.8. The van der Waals surface area contributed by atoms with Crippen LogP contribution in [0.2, 0.25) is 0 Å². The second kappa shape index (κ2) is 7.68. The van der Waals surface area contributed by atoms with E-state index in [2.05, 4.69) is 4.98 Å². The number of aromatic nitrogens is 1. The summed E-state index contributed by atoms with van der Waals surface area (Å²) in [5, 5.41) is 10.9. The highest BCUT2D eigenvalue weighted by Crippen LogP contribution is 2.34. The van der Waals surface area contributed by atoms with Crippen molar-refractivity contribution in [2.45, 2.75) is 20.8 Å². The first-order valence-corrected chi connectivity index (χ1v) is 7.95. The maximum atomic E-state index is 9.98. The molecule has 1 aromatic heterocycles. The molecule has 126 valence electrons. The maximum Gasteiger partial charge on any atom is 0.141 e. The Hall–Kier alpha value is -2.75. The first kappa shape index (κ1) is 17.6. The molecule has 0 aliphatic rings. The van der Waals surface area contributed by atoms with E-state index in [0.717, 1.165) is 33.7 Å². The molecule has 24 heavy (non-hydrogen) atoms. The minimum Gasteiger partial charge on any atom is -0.506 e. The van der Waals surface area contributed by atoms with Gasteiger partial charge in [0.2, 0.25) is 0 Å². The van der Waals surface area contributed by atoms with Crippen LogP contribution in [0.3, 0.4) is 0 Å². The fourth-order valence-electron chi connectivity index (χ4n) is 2.53. The molecule has 0 saturated carbocycles. The molecule has 0 aliphatic heterocycles. The lowest BCUT2D eigenvalue weighted by Crippen LogP contribution is -1.94. The van der Waals surface area contributed by atoms with Crippen molar-refractivity contribution in [3.63, 3.8) is 0 Å². The molecule has 1 N–H and O–H groups in total. The summed E-state index contributed by atoms with van der Waals surface area (Å²) in [5.41, 5.74) is 3.16. The number of fused-ring (bicyclic) bond motifs is 1. The van der Waals surface area contributed by atoms with Crippen molar-refractivity contribution in [3.8, 4) is 28.5 Å². The topological polar surface area (TPSA) is 51.6 Å². The molecular weight excluding hydrogens is 302 g/mol. The molecule has 3 rings (SSSR count). The Balaban J connectivity index is 0.00000100. The second-order valence-corrected chi connectivity index (χ2v) is 5.05. The molecule has 4 nitrogen and oxygen atoms in total. The summed E-state index contributed by atoms with van der Waals surface area (Å²) in [4.78, 5) is 4.56. The number of nitrogens with zero attached hydrogens (tertiary/aromatic N) is 1. The van der Waals surface area contributed by atoms with Gasteiger partial charge in [0, 0.05) is 16.5 Å². The average molecular weight is 325 g/mol. The molecule has 3 aromatic rings. The van der Waals surface area contributed by atoms with Crippen molar-refractivity contribution in [1.82, 2.24) is 4.98 Å². The predicted molar refractivity (Wildman–Crippen MR) is 98.0 cm³/mol. The lowest BCUT2D eigenvalue weighted by atomic mass is 10.1. The normalized spacial score (nSPS) is 10.0. The van der Waals surface area contributed by atoms with E-state index >= 15 is 0 Å². The molecule has 0 aliphatic carbocycles. The Labute approximate surface area is 142 Å². The van der Waals surface area contributed by atoms with E-state index in [1.54, 1.807) is 26.4 Å². The van der Waals surface area contributed by atoms with Crippen LogP contribution in [0.25, 0.3) is 22.2 Å². The van der Waals surface area contributed by atoms with Crippen LogP contribution in [0.1, 0.15) is 19.4 Å². The lowest BCUT2D eigenvalue weighted by molar-refractivity contribution is 0.389. The van der Waals surface area contributed by atoms with Crippen LogP contribution in [-0.4, -0.2) is 24.3 Å². The Bertz CT molecular complexity index is 818. The number of para-hydroxylation sites is 1. The molecule has 0 saturated heterocycles. The Morgan fingerprint density at radius 2 is 1.54 bits per heavy atom. The first-order valence-electron chi connectivity index (χ1n) is 7.95. The summed E-state index contributed by atoms with van der Waals surface area (Å²) in [6, 6.07) is 13.1. The van der Waals surface area contributed by atoms with E-state index < -0.39 is 0 Å². The van der Waals surface area contributed by atoms with E-state index in [4.69, 9.17) is 9.47 Å². The summed E-state index contributed by atoms with van der Waals surface area (Å²) in [6.45, 7) is 5.95. The summed E-state index contributed by atoms with van der Waals surface area (Å²) in [5.74, 6) is 1.66. The van der Waals surface area contributed by atoms with Crippen LogP contribution in [-0.2, 0) is 0 Å². The minimum atomic E-state index is 0.172. The highest BCUT2D eigenvalue weighted by molar-refractivity contribution is 5.86. The van der Waals surface area contributed by atoms with Crippen molar-refractivity contribution in [2.75, 3.05) is 14.2 Å². The van der Waals surface area contributed by atoms with Crippen molar-refractivity contribution >= 4 is 10.9 Å². The van der Waals surface area contributed by atoms with Gasteiger partial charge in [-0.3, -0.25) is 0 Å². The number of methoxy groups -OCH3 is 2. The van der Waals surface area contributed by atoms with E-state index in [1.807, 2.05) is 51.1 Å². The van der Waals surface area contributed by atoms with Gasteiger partial charge in [-0.05, 0) is 31.2 Å². The molecule has 1 heterocycles. The number of benzene rings is 2. The maximum absolute atomic E-state index is 9.98. The fourth-order valence-corrected chi connectivity index (χ4v) is 2.53. The van der Waals surface area contributed by atoms with Gasteiger partial charge in [-0.15, -0.1) is 0 Å². The fraction of sp³-hybridized carbons (Fsp3) is 0.250. The Morgan fingerprint density at radius 3 is 2.12 bits per heavy atom. The molecule has 0 spiro atoms. The van der Waals surface area contributed by atoms with Gasteiger partial charge in [0.15, 0.2) is 0 Å². The number of ether oxygens (including phenoxy) is 2. The molecule has 0 bridgehead atoms. The van der Waals surface area contributed by atoms with Crippen molar-refractivity contribution in [3.05, 3.63) is 48.0 Å². The van der Waals surface area contributed by atoms with E-state index in [9.17, 15) is 5.11 Å². The van der Waals surface area contributed by atoms with Crippen LogP contribution >= 0.6 is 0 Å². The molecule has 2 aromatic carbocycles. The van der Waals surface area contributed by atoms with Gasteiger partial charge >= 0.3 is 0 Å². The number of aromatic hydroxyl groups is 1. The molecular formula is C20H23NO3. The number of hydrogen-bond acceptors (Lipinski definition) is 4. The standard InChI is InChI=1S/C18H17NO3.C2H6/c1-11-16(21-2)9-13(10-17(11)22-3)14-8-7-12-5-4-6-15(20)18(12)19-14;1-2/h4-10,20H,1-3H3;1-2H3. The van der Waals surface area contributed by atoms with Crippen LogP contribution < -0.4 is 9.47 Å². The zero-order valence-corrected chi connectivity index (χ0v) is 14.8. The van der Waals surface area contributed by atoms with Crippen molar-refractivity contribution < 1.29 is 14.6 Å². The monoisotopic (exact) mass is 325 g/mol. The molecule has 0 unspecified atom stereocenters. The zero-order valence-electron chi connectivity index (χ0n) is 14.8. The third-order valence-electron chi connectivity index (χ3n) is 3.75. The number of rotatable bonds is 3. The summed E-state index contributed by atoms with van der Waals surface area (Å²) >= 11 is 0. The summed E-state index contributed by atoms with van der Waals surface area (Å²) in [7, 11) is 3.26. The van der Waals surface area contributed by atoms with Gasteiger partial charge < -0.3 is 14.6 Å². The van der Waals surface area contributed by atoms with Crippen LogP contribution in [0.15, 0.2) is 42.5 Å². The van der Waals surface area contributed by atoms with Gasteiger partial charge in [0.25, 0.3) is 0 Å². The van der Waals surface area contributed by atoms with E-state index in [1.165, 1.54) is 0 Å². The predicted octanol–water partition coefficient (Wildman–Crippen LogP) is 4.96. The lowest BCUT2D eigenvalue weighted by Gasteiger charge is -2.13. The number of pyridine rings is 1. The summed E-state index contributed by atoms with van der Waals surface area (Å²) in [6.07, 6.45) is 0. The van der Waals surface area contributed by atoms with Crippen LogP contribution in [0.4, 0.5) is 0 Å². The molecule has 0 radical (unpaired) electrons. The van der Waals surface area contributed by atoms with Gasteiger partial charge in [0.1, 0.15) is 22.8 Å². The smallest absolute Gasteiger partial charge is 0.141 e. The van der Waals surface area contributed by atoms with Gasteiger partial charge in [0.05, 0.1) is 19.9 Å². The zero-order chi connectivity index (χ0) is 17.7. The first-order chi connectivity index (χ1) is 11.6. The van der Waals surface area contributed by atoms with Crippen molar-refractivity contribution in [1.29, 1.82) is 0 Å². The van der Waals surface area contributed by atoms with Gasteiger partial charge in [-0.2, -0.15) is 0 Å². The van der Waals surface area contributed by atoms with Crippen molar-refractivity contribution in [2.24, 2.45) is 0 Å². The third kappa shape index (κ3) is 3.27. The highest BCUT2D eigenvalue weighted by atomic mass is 16.5. The SMILES string of the molecule is CC.COc1cc(-c2ccc3cccc(O)c3n2)cc(OC)c1C. The highest BCUT2D eigenvalue weighted by Gasteiger charge is 2.11. The molecule has 4 heteroatoms. The van der Waals surface area contributed by atoms with Gasteiger partial charge in [-0.25, -0.2) is 4.98 Å². The van der Waals surface area contributed by atoms with Crippen LogP contribution in [0.5, 0.6) is 17.2 Å². The third-order valence-corrected chi connectivity index (χ3v) is 3.75. The average Bonchev–Trinajstić information content (AvgIpc) is 2.64. The number of hydrogen-bond donors (Lipinski definition) is 1. The van der Waals surface area contributed by atoms with E-state index in [0.29, 0.717) is 5.52 Å². The number of phenolic OH excluding ortho intramolecular Hbond substituents is 1. The van der Waals surface area contributed by atoms with E-state index in [-0.39, 0.29) is 5.75 Å². The minimum absolute atomic E-state index is 0.172. The second-order valence-electron chi connectivity index (χ2n) is 5.05.